The summed E-state index contributed by atoms with van der Waals surface area (Å²) in [6, 6.07) is 7.86. The maximum absolute atomic E-state index is 12.4. The van der Waals surface area contributed by atoms with E-state index in [4.69, 9.17) is 14.3 Å². The van der Waals surface area contributed by atoms with Crippen LogP contribution >= 0.6 is 0 Å². The van der Waals surface area contributed by atoms with Gasteiger partial charge in [-0.2, -0.15) is 4.98 Å². The van der Waals surface area contributed by atoms with Crippen molar-refractivity contribution >= 4 is 17.9 Å². The standard InChI is InChI=1S/C18H21N3O5/c1-25-14-4-2-12(3-5-14)10-19-16(22)13-6-8-21(9-7-13)18-20-15(11-26-18)17(23)24/h2-5,11,13H,6-10H2,1H3,(H,19,22)(H,23,24). The predicted molar refractivity (Wildman–Crippen MR) is 93.2 cm³/mol. The van der Waals surface area contributed by atoms with E-state index in [-0.39, 0.29) is 17.5 Å². The Morgan fingerprint density at radius 1 is 1.31 bits per heavy atom. The zero-order chi connectivity index (χ0) is 18.5. The van der Waals surface area contributed by atoms with E-state index in [0.717, 1.165) is 17.6 Å². The van der Waals surface area contributed by atoms with Crippen LogP contribution in [-0.2, 0) is 11.3 Å². The highest BCUT2D eigenvalue weighted by atomic mass is 16.5. The number of oxazole rings is 1. The fourth-order valence-electron chi connectivity index (χ4n) is 2.92. The number of carboxylic acid groups (broad SMARTS) is 1. The summed E-state index contributed by atoms with van der Waals surface area (Å²) in [4.78, 5) is 29.0. The first kappa shape index (κ1) is 17.8. The maximum Gasteiger partial charge on any atom is 0.357 e. The van der Waals surface area contributed by atoms with E-state index in [9.17, 15) is 9.59 Å². The average molecular weight is 359 g/mol. The van der Waals surface area contributed by atoms with Gasteiger partial charge in [0.15, 0.2) is 5.69 Å². The lowest BCUT2D eigenvalue weighted by atomic mass is 9.96. The SMILES string of the molecule is COc1ccc(CNC(=O)C2CCN(c3nc(C(=O)O)co3)CC2)cc1. The van der Waals surface area contributed by atoms with Crippen LogP contribution in [0, 0.1) is 5.92 Å². The van der Waals surface area contributed by atoms with Crippen LogP contribution in [0.3, 0.4) is 0 Å². The molecule has 0 bridgehead atoms. The number of ether oxygens (including phenoxy) is 1. The molecule has 0 unspecified atom stereocenters. The number of nitrogens with one attached hydrogen (secondary N) is 1. The highest BCUT2D eigenvalue weighted by molar-refractivity contribution is 5.85. The van der Waals surface area contributed by atoms with Gasteiger partial charge in [-0.15, -0.1) is 0 Å². The lowest BCUT2D eigenvalue weighted by molar-refractivity contribution is -0.125. The minimum atomic E-state index is -1.12. The monoisotopic (exact) mass is 359 g/mol. The van der Waals surface area contributed by atoms with Crippen LogP contribution in [0.25, 0.3) is 0 Å². The van der Waals surface area contributed by atoms with E-state index in [2.05, 4.69) is 10.3 Å². The van der Waals surface area contributed by atoms with E-state index in [0.29, 0.717) is 38.5 Å². The molecule has 2 heterocycles. The van der Waals surface area contributed by atoms with Crippen molar-refractivity contribution in [2.24, 2.45) is 5.92 Å². The van der Waals surface area contributed by atoms with Crippen LogP contribution in [0.15, 0.2) is 34.9 Å². The van der Waals surface area contributed by atoms with Crippen molar-refractivity contribution in [2.45, 2.75) is 19.4 Å². The Balaban J connectivity index is 1.47. The number of aromatic carboxylic acids is 1. The van der Waals surface area contributed by atoms with Crippen LogP contribution in [0.1, 0.15) is 28.9 Å². The minimum Gasteiger partial charge on any atom is -0.497 e. The first-order valence-corrected chi connectivity index (χ1v) is 8.41. The molecule has 1 fully saturated rings. The van der Waals surface area contributed by atoms with Gasteiger partial charge in [-0.25, -0.2) is 4.79 Å². The predicted octanol–water partition coefficient (Wildman–Crippen LogP) is 1.91. The summed E-state index contributed by atoms with van der Waals surface area (Å²) < 4.78 is 10.3. The molecule has 26 heavy (non-hydrogen) atoms. The molecule has 2 N–H and O–H groups in total. The van der Waals surface area contributed by atoms with E-state index in [1.807, 2.05) is 29.2 Å². The maximum atomic E-state index is 12.4. The summed E-state index contributed by atoms with van der Waals surface area (Å²) in [5, 5.41) is 11.9. The Kier molecular flexibility index (Phi) is 5.40. The number of hydrogen-bond donors (Lipinski definition) is 2. The second-order valence-electron chi connectivity index (χ2n) is 6.15. The van der Waals surface area contributed by atoms with Gasteiger partial charge < -0.3 is 24.5 Å². The molecule has 2 aromatic rings. The van der Waals surface area contributed by atoms with Gasteiger partial charge in [-0.3, -0.25) is 4.79 Å². The molecule has 8 nitrogen and oxygen atoms in total. The van der Waals surface area contributed by atoms with Crippen LogP contribution in [0.2, 0.25) is 0 Å². The first-order chi connectivity index (χ1) is 12.6. The number of carboxylic acids is 1. The molecule has 0 spiro atoms. The van der Waals surface area contributed by atoms with Gasteiger partial charge in [0.25, 0.3) is 6.01 Å². The molecule has 8 heteroatoms. The average Bonchev–Trinajstić information content (AvgIpc) is 3.17. The van der Waals surface area contributed by atoms with Crippen molar-refractivity contribution in [2.75, 3.05) is 25.1 Å². The van der Waals surface area contributed by atoms with Crippen LogP contribution in [-0.4, -0.2) is 42.2 Å². The lowest BCUT2D eigenvalue weighted by Gasteiger charge is -2.30. The van der Waals surface area contributed by atoms with Crippen LogP contribution in [0.5, 0.6) is 5.75 Å². The molecule has 0 saturated carbocycles. The second kappa shape index (κ2) is 7.90. The van der Waals surface area contributed by atoms with Gasteiger partial charge in [0, 0.05) is 25.6 Å². The molecule has 0 atom stereocenters. The van der Waals surface area contributed by atoms with E-state index >= 15 is 0 Å². The first-order valence-electron chi connectivity index (χ1n) is 8.41. The van der Waals surface area contributed by atoms with Crippen molar-refractivity contribution in [3.63, 3.8) is 0 Å². The smallest absolute Gasteiger partial charge is 0.357 e. The molecular formula is C18H21N3O5. The Bertz CT molecular complexity index is 763. The third-order valence-corrected chi connectivity index (χ3v) is 4.47. The summed E-state index contributed by atoms with van der Waals surface area (Å²) in [6.07, 6.45) is 2.46. The summed E-state index contributed by atoms with van der Waals surface area (Å²) in [7, 11) is 1.61. The molecule has 1 amide bonds. The number of anilines is 1. The Labute approximate surface area is 150 Å². The van der Waals surface area contributed by atoms with Gasteiger partial charge in [-0.05, 0) is 30.5 Å². The number of benzene rings is 1. The largest absolute Gasteiger partial charge is 0.497 e. The molecule has 0 radical (unpaired) electrons. The number of aromatic nitrogens is 1. The molecule has 138 valence electrons. The quantitative estimate of drug-likeness (QED) is 0.812. The number of nitrogens with zero attached hydrogens (tertiary/aromatic N) is 2. The van der Waals surface area contributed by atoms with E-state index in [1.54, 1.807) is 7.11 Å². The Hall–Kier alpha value is -3.03. The molecule has 1 aliphatic heterocycles. The topological polar surface area (TPSA) is 105 Å². The van der Waals surface area contributed by atoms with Gasteiger partial charge >= 0.3 is 5.97 Å². The molecule has 1 aromatic carbocycles. The molecule has 1 aromatic heterocycles. The Morgan fingerprint density at radius 3 is 2.58 bits per heavy atom. The third-order valence-electron chi connectivity index (χ3n) is 4.47. The normalized spacial score (nSPS) is 14.9. The van der Waals surface area contributed by atoms with Crippen molar-refractivity contribution in [3.05, 3.63) is 41.8 Å². The van der Waals surface area contributed by atoms with Gasteiger partial charge in [-0.1, -0.05) is 12.1 Å². The number of carbonyl (C=O) groups excluding carboxylic acids is 1. The summed E-state index contributed by atoms with van der Waals surface area (Å²) >= 11 is 0. The van der Waals surface area contributed by atoms with Gasteiger partial charge in [0.1, 0.15) is 12.0 Å². The zero-order valence-corrected chi connectivity index (χ0v) is 14.5. The van der Waals surface area contributed by atoms with Crippen molar-refractivity contribution in [3.8, 4) is 5.75 Å². The zero-order valence-electron chi connectivity index (χ0n) is 14.5. The number of piperidine rings is 1. The van der Waals surface area contributed by atoms with Crippen molar-refractivity contribution in [1.29, 1.82) is 0 Å². The fourth-order valence-corrected chi connectivity index (χ4v) is 2.92. The molecular weight excluding hydrogens is 338 g/mol. The molecule has 0 aliphatic carbocycles. The molecule has 3 rings (SSSR count). The summed E-state index contributed by atoms with van der Waals surface area (Å²) in [5.41, 5.74) is 0.900. The van der Waals surface area contributed by atoms with Crippen molar-refractivity contribution in [1.82, 2.24) is 10.3 Å². The number of methoxy groups -OCH3 is 1. The van der Waals surface area contributed by atoms with Gasteiger partial charge in [0.2, 0.25) is 5.91 Å². The number of hydrogen-bond acceptors (Lipinski definition) is 6. The van der Waals surface area contributed by atoms with E-state index in [1.165, 1.54) is 0 Å². The van der Waals surface area contributed by atoms with Crippen LogP contribution in [0.4, 0.5) is 6.01 Å². The van der Waals surface area contributed by atoms with Gasteiger partial charge in [0.05, 0.1) is 7.11 Å². The molecule has 1 aliphatic rings. The Morgan fingerprint density at radius 2 is 2.00 bits per heavy atom. The van der Waals surface area contributed by atoms with E-state index < -0.39 is 5.97 Å². The summed E-state index contributed by atoms with van der Waals surface area (Å²) in [6.45, 7) is 1.67. The highest BCUT2D eigenvalue weighted by Gasteiger charge is 2.27. The third kappa shape index (κ3) is 4.14. The molecule has 1 saturated heterocycles. The second-order valence-corrected chi connectivity index (χ2v) is 6.15. The minimum absolute atomic E-state index is 0.0269. The van der Waals surface area contributed by atoms with Crippen molar-refractivity contribution < 1.29 is 23.8 Å². The fraction of sp³-hybridized carbons (Fsp3) is 0.389. The van der Waals surface area contributed by atoms with Crippen LogP contribution < -0.4 is 15.0 Å². The summed E-state index contributed by atoms with van der Waals surface area (Å²) in [5.74, 6) is -0.379. The number of carbonyl (C=O) groups is 2. The lowest BCUT2D eigenvalue weighted by Crippen LogP contribution is -2.40. The number of rotatable bonds is 6. The number of amides is 1. The highest BCUT2D eigenvalue weighted by Crippen LogP contribution is 2.23.